The van der Waals surface area contributed by atoms with Gasteiger partial charge in [-0.05, 0) is 0 Å². The molecule has 0 saturated heterocycles. The maximum absolute atomic E-state index is 5.59. The molecule has 0 amide bonds. The van der Waals surface area contributed by atoms with Crippen molar-refractivity contribution in [3.8, 4) is 0 Å². The molecule has 0 aliphatic rings. The summed E-state index contributed by atoms with van der Waals surface area (Å²) in [6.45, 7) is 0. The fourth-order valence-corrected chi connectivity index (χ4v) is 28.9. The maximum atomic E-state index is 5.59. The molecule has 0 aromatic rings. The fraction of sp³-hybridized carbons (Fsp3) is 1.00. The Hall–Kier alpha value is 3.92. The van der Waals surface area contributed by atoms with Crippen molar-refractivity contribution in [2.24, 2.45) is 0 Å². The summed E-state index contributed by atoms with van der Waals surface area (Å²) in [5, 5.41) is 0. The quantitative estimate of drug-likeness (QED) is 0.512. The summed E-state index contributed by atoms with van der Waals surface area (Å²) in [5.74, 6) is 0. The van der Waals surface area contributed by atoms with Crippen LogP contribution in [-0.2, 0) is 0 Å². The second-order valence-corrected chi connectivity index (χ2v) is 64.8. The number of rotatable bonds is 3. The van der Waals surface area contributed by atoms with Crippen LogP contribution in [0.1, 0.15) is 0 Å². The van der Waals surface area contributed by atoms with Gasteiger partial charge in [0.15, 0.2) is 0 Å². The molecule has 0 aromatic carbocycles. The minimum atomic E-state index is -4.65. The summed E-state index contributed by atoms with van der Waals surface area (Å²) in [7, 11) is 44.5. The van der Waals surface area contributed by atoms with Gasteiger partial charge < -0.3 is 0 Å². The Labute approximate surface area is 102 Å². The molecule has 0 bridgehead atoms. The van der Waals surface area contributed by atoms with Gasteiger partial charge in [0.05, 0.1) is 0 Å². The number of hydrogen-bond acceptors (Lipinski definition) is 1. The molecular weight excluding hydrogens is 553 g/mol. The van der Waals surface area contributed by atoms with Crippen LogP contribution < -0.4 is 3.48 Å². The molecule has 78 valence electrons. The zero-order chi connectivity index (χ0) is 10.3. The molecule has 0 fully saturated rings. The summed E-state index contributed by atoms with van der Waals surface area (Å²) >= 11 is -9.17. The van der Waals surface area contributed by atoms with Gasteiger partial charge in [-0.2, -0.15) is 0 Å². The van der Waals surface area contributed by atoms with Crippen molar-refractivity contribution in [1.82, 2.24) is 3.48 Å². The monoisotopic (exact) mass is 551 g/mol. The van der Waals surface area contributed by atoms with Crippen LogP contribution in [0.5, 0.6) is 0 Å². The summed E-state index contributed by atoms with van der Waals surface area (Å²) in [6, 6.07) is 0. The molecular formula is CH3Cl8NSb2. The summed E-state index contributed by atoms with van der Waals surface area (Å²) < 4.78 is 2.25. The standard InChI is InChI=1S/CH3N.8ClH.2Sb/c1-2;;;;;;;;;;/h2H,1H2;8*1H;;/q-1;;;;;;;;;+4;+5/p-8. The Balaban J connectivity index is 4.22. The molecule has 0 radical (unpaired) electrons. The van der Waals surface area contributed by atoms with E-state index in [0.717, 1.165) is 0 Å². The van der Waals surface area contributed by atoms with E-state index in [4.69, 9.17) is 70.6 Å². The third kappa shape index (κ3) is 13.9. The average molecular weight is 556 g/mol. The van der Waals surface area contributed by atoms with Gasteiger partial charge in [-0.25, -0.2) is 0 Å². The topological polar surface area (TPSA) is 12.0 Å². The zero-order valence-corrected chi connectivity index (χ0v) is 16.3. The Kier molecular flexibility index (Phi) is 5.70. The van der Waals surface area contributed by atoms with E-state index in [-0.39, 0.29) is 4.49 Å². The van der Waals surface area contributed by atoms with Crippen LogP contribution in [0.4, 0.5) is 0 Å². The minimum absolute atomic E-state index is 0.152. The fourth-order valence-electron chi connectivity index (χ4n) is 0.214. The molecule has 1 nitrogen and oxygen atoms in total. The van der Waals surface area contributed by atoms with Crippen LogP contribution in [0.2, 0.25) is 0 Å². The van der Waals surface area contributed by atoms with Crippen LogP contribution >= 0.6 is 70.6 Å². The van der Waals surface area contributed by atoms with E-state index in [2.05, 4.69) is 3.48 Å². The summed E-state index contributed by atoms with van der Waals surface area (Å²) in [4.78, 5) is 0. The van der Waals surface area contributed by atoms with Crippen molar-refractivity contribution in [2.45, 2.75) is 0 Å². The summed E-state index contributed by atoms with van der Waals surface area (Å²) in [6.07, 6.45) is 0. The first-order chi connectivity index (χ1) is 4.71. The molecule has 0 heterocycles. The van der Waals surface area contributed by atoms with Crippen molar-refractivity contribution in [3.05, 3.63) is 0 Å². The predicted octanol–water partition coefficient (Wildman–Crippen LogP) is 4.30. The van der Waals surface area contributed by atoms with Gasteiger partial charge in [0, 0.05) is 0 Å². The van der Waals surface area contributed by atoms with Crippen LogP contribution in [0, 0.1) is 0 Å². The van der Waals surface area contributed by atoms with E-state index < -0.39 is 25.9 Å². The third-order valence-electron chi connectivity index (χ3n) is 0.549. The van der Waals surface area contributed by atoms with E-state index in [9.17, 15) is 0 Å². The molecule has 0 aliphatic heterocycles. The van der Waals surface area contributed by atoms with Crippen LogP contribution in [0.3, 0.4) is 0 Å². The van der Waals surface area contributed by atoms with Crippen molar-refractivity contribution in [3.63, 3.8) is 0 Å². The molecule has 0 spiro atoms. The number of hydrogen-bond donors (Lipinski definition) is 1. The molecule has 12 heavy (non-hydrogen) atoms. The van der Waals surface area contributed by atoms with Crippen molar-refractivity contribution < 1.29 is 0 Å². The van der Waals surface area contributed by atoms with Gasteiger partial charge >= 0.3 is 105 Å². The van der Waals surface area contributed by atoms with Crippen LogP contribution in [0.15, 0.2) is 0 Å². The molecule has 0 saturated carbocycles. The van der Waals surface area contributed by atoms with E-state index in [1.165, 1.54) is 0 Å². The van der Waals surface area contributed by atoms with Gasteiger partial charge in [0.1, 0.15) is 0 Å². The van der Waals surface area contributed by atoms with Crippen LogP contribution in [0.25, 0.3) is 0 Å². The van der Waals surface area contributed by atoms with Crippen molar-refractivity contribution in [1.29, 1.82) is 0 Å². The van der Waals surface area contributed by atoms with Gasteiger partial charge in [-0.3, -0.25) is 0 Å². The Bertz CT molecular complexity index is 144. The molecule has 0 rings (SSSR count). The summed E-state index contributed by atoms with van der Waals surface area (Å²) in [5.41, 5.74) is 0. The first-order valence-corrected chi connectivity index (χ1v) is 31.2. The van der Waals surface area contributed by atoms with E-state index in [1.807, 2.05) is 0 Å². The zero-order valence-electron chi connectivity index (χ0n) is 5.13. The van der Waals surface area contributed by atoms with Gasteiger partial charge in [0.25, 0.3) is 0 Å². The first-order valence-electron chi connectivity index (χ1n) is 2.25. The molecule has 0 aliphatic carbocycles. The Morgan fingerprint density at radius 1 is 0.750 bits per heavy atom. The molecule has 0 atom stereocenters. The van der Waals surface area contributed by atoms with Gasteiger partial charge in [-0.1, -0.05) is 0 Å². The number of nitrogens with one attached hydrogen (secondary N) is 1. The van der Waals surface area contributed by atoms with Gasteiger partial charge in [-0.15, -0.1) is 0 Å². The Morgan fingerprint density at radius 2 is 1.08 bits per heavy atom. The SMILES string of the molecule is [Cl][Sb]([Cl])([Cl])([Cl])[CH2][NH][Sb]([Cl])([Cl])([Cl])[Cl]. The Morgan fingerprint density at radius 3 is 1.17 bits per heavy atom. The third-order valence-corrected chi connectivity index (χ3v) is 12.8. The molecule has 0 aromatic heterocycles. The average Bonchev–Trinajstić information content (AvgIpc) is 1.53. The van der Waals surface area contributed by atoms with Crippen molar-refractivity contribution in [2.75, 3.05) is 4.49 Å². The van der Waals surface area contributed by atoms with E-state index in [1.54, 1.807) is 0 Å². The number of halogens is 8. The first kappa shape index (κ1) is 15.9. The molecule has 11 heteroatoms. The van der Waals surface area contributed by atoms with Crippen molar-refractivity contribution >= 4 is 96.6 Å². The van der Waals surface area contributed by atoms with E-state index in [0.29, 0.717) is 0 Å². The predicted molar refractivity (Wildman–Crippen MR) is 66.3 cm³/mol. The molecule has 0 unspecified atom stereocenters. The van der Waals surface area contributed by atoms with E-state index >= 15 is 0 Å². The molecule has 1 N–H and O–H groups in total. The normalized spacial score (nSPS) is 20.7. The van der Waals surface area contributed by atoms with Gasteiger partial charge in [0.2, 0.25) is 0 Å². The second-order valence-electron chi connectivity index (χ2n) is 1.90. The second kappa shape index (κ2) is 4.30. The van der Waals surface area contributed by atoms with Crippen LogP contribution in [-0.4, -0.2) is 30.4 Å².